The summed E-state index contributed by atoms with van der Waals surface area (Å²) in [6.07, 6.45) is 9.52. The molecule has 0 radical (unpaired) electrons. The van der Waals surface area contributed by atoms with Crippen LogP contribution in [-0.4, -0.2) is 47.9 Å². The molecule has 1 fully saturated rings. The van der Waals surface area contributed by atoms with Gasteiger partial charge < -0.3 is 24.8 Å². The van der Waals surface area contributed by atoms with E-state index in [4.69, 9.17) is 9.47 Å². The van der Waals surface area contributed by atoms with Crippen LogP contribution in [0.3, 0.4) is 0 Å². The van der Waals surface area contributed by atoms with Crippen LogP contribution < -0.4 is 14.8 Å². The number of ether oxygens (including phenoxy) is 2. The maximum atomic E-state index is 12.7. The molecule has 0 aromatic heterocycles. The highest BCUT2D eigenvalue weighted by atomic mass is 16.7. The quantitative estimate of drug-likeness (QED) is 0.509. The number of benzene rings is 1. The molecule has 30 heavy (non-hydrogen) atoms. The number of hydrogen-bond acceptors (Lipinski definition) is 5. The fraction of sp³-hybridized carbons (Fsp3) is 0.708. The van der Waals surface area contributed by atoms with Crippen LogP contribution in [0.2, 0.25) is 0 Å². The molecule has 0 aliphatic carbocycles. The maximum Gasteiger partial charge on any atom is 0.245 e. The lowest BCUT2D eigenvalue weighted by Gasteiger charge is -2.29. The molecule has 1 aromatic rings. The zero-order valence-corrected chi connectivity index (χ0v) is 18.2. The van der Waals surface area contributed by atoms with Crippen LogP contribution in [-0.2, 0) is 11.2 Å². The van der Waals surface area contributed by atoms with Crippen LogP contribution in [0.15, 0.2) is 12.1 Å². The number of fused-ring (bicyclic) bond motifs is 1. The lowest BCUT2D eigenvalue weighted by atomic mass is 9.97. The van der Waals surface area contributed by atoms with Crippen LogP contribution in [0.25, 0.3) is 0 Å². The van der Waals surface area contributed by atoms with Crippen molar-refractivity contribution in [2.75, 3.05) is 19.6 Å². The average Bonchev–Trinajstić information content (AvgIpc) is 3.47. The number of carbonyl (C=O) groups excluding carboxylic acids is 1. The fourth-order valence-electron chi connectivity index (χ4n) is 4.84. The van der Waals surface area contributed by atoms with Crippen molar-refractivity contribution in [1.82, 2.24) is 10.2 Å². The van der Waals surface area contributed by atoms with E-state index in [0.717, 1.165) is 49.2 Å². The summed E-state index contributed by atoms with van der Waals surface area (Å²) in [7, 11) is 0. The number of unbranched alkanes of at least 4 members (excludes halogenated alkanes) is 5. The van der Waals surface area contributed by atoms with Gasteiger partial charge in [0.05, 0.1) is 12.5 Å². The minimum atomic E-state index is -0.817. The number of hydrogen-bond donors (Lipinski definition) is 2. The molecule has 3 heterocycles. The Morgan fingerprint density at radius 1 is 1.13 bits per heavy atom. The number of aliphatic hydroxyl groups is 1. The van der Waals surface area contributed by atoms with Crippen molar-refractivity contribution in [3.63, 3.8) is 0 Å². The van der Waals surface area contributed by atoms with Gasteiger partial charge in [-0.1, -0.05) is 51.2 Å². The van der Waals surface area contributed by atoms with Crippen LogP contribution in [0.1, 0.15) is 81.9 Å². The van der Waals surface area contributed by atoms with Gasteiger partial charge in [-0.3, -0.25) is 4.79 Å². The molecule has 1 saturated heterocycles. The third kappa shape index (κ3) is 4.92. The number of likely N-dealkylation sites (tertiary alicyclic amines) is 1. The van der Waals surface area contributed by atoms with E-state index < -0.39 is 6.10 Å². The normalized spacial score (nSPS) is 21.3. The molecule has 3 aliphatic heterocycles. The van der Waals surface area contributed by atoms with Gasteiger partial charge in [-0.15, -0.1) is 0 Å². The molecule has 6 heteroatoms. The number of nitrogens with one attached hydrogen (secondary N) is 1. The van der Waals surface area contributed by atoms with Crippen molar-refractivity contribution < 1.29 is 19.4 Å². The molecule has 0 spiro atoms. The summed E-state index contributed by atoms with van der Waals surface area (Å²) < 4.78 is 11.6. The van der Waals surface area contributed by atoms with E-state index in [1.807, 2.05) is 12.1 Å². The molecule has 166 valence electrons. The molecular formula is C24H36N2O4. The van der Waals surface area contributed by atoms with Crippen molar-refractivity contribution in [2.45, 2.75) is 89.6 Å². The van der Waals surface area contributed by atoms with Crippen molar-refractivity contribution >= 4 is 5.91 Å². The second-order valence-electron chi connectivity index (χ2n) is 8.99. The first-order valence-electron chi connectivity index (χ1n) is 11.8. The van der Waals surface area contributed by atoms with Crippen molar-refractivity contribution in [3.8, 4) is 11.5 Å². The predicted octanol–water partition coefficient (Wildman–Crippen LogP) is 3.70. The monoisotopic (exact) mass is 416 g/mol. The highest BCUT2D eigenvalue weighted by Gasteiger charge is 2.39. The lowest BCUT2D eigenvalue weighted by Crippen LogP contribution is -2.46. The van der Waals surface area contributed by atoms with Crippen LogP contribution >= 0.6 is 0 Å². The summed E-state index contributed by atoms with van der Waals surface area (Å²) in [4.78, 5) is 15.0. The maximum absolute atomic E-state index is 12.7. The highest BCUT2D eigenvalue weighted by molar-refractivity contribution is 5.76. The molecule has 3 unspecified atom stereocenters. The lowest BCUT2D eigenvalue weighted by molar-refractivity contribution is -0.123. The molecule has 0 saturated carbocycles. The van der Waals surface area contributed by atoms with E-state index in [1.165, 1.54) is 38.5 Å². The Balaban J connectivity index is 1.37. The molecule has 3 atom stereocenters. The topological polar surface area (TPSA) is 71.0 Å². The number of amides is 1. The summed E-state index contributed by atoms with van der Waals surface area (Å²) >= 11 is 0. The van der Waals surface area contributed by atoms with E-state index in [2.05, 4.69) is 17.1 Å². The van der Waals surface area contributed by atoms with Crippen LogP contribution in [0, 0.1) is 0 Å². The molecular weight excluding hydrogens is 380 g/mol. The molecule has 1 amide bonds. The van der Waals surface area contributed by atoms with E-state index >= 15 is 0 Å². The van der Waals surface area contributed by atoms with E-state index in [9.17, 15) is 9.90 Å². The second kappa shape index (κ2) is 10.0. The Morgan fingerprint density at radius 2 is 1.87 bits per heavy atom. The van der Waals surface area contributed by atoms with Gasteiger partial charge in [-0.25, -0.2) is 0 Å². The minimum absolute atomic E-state index is 0.0316. The average molecular weight is 417 g/mol. The minimum Gasteiger partial charge on any atom is -0.450 e. The van der Waals surface area contributed by atoms with Crippen molar-refractivity contribution in [2.24, 2.45) is 0 Å². The van der Waals surface area contributed by atoms with Gasteiger partial charge in [0.25, 0.3) is 0 Å². The van der Waals surface area contributed by atoms with E-state index in [1.54, 1.807) is 0 Å². The summed E-state index contributed by atoms with van der Waals surface area (Å²) in [5.74, 6) is 1.46. The summed E-state index contributed by atoms with van der Waals surface area (Å²) in [5.41, 5.74) is 1.86. The van der Waals surface area contributed by atoms with Gasteiger partial charge >= 0.3 is 0 Å². The Bertz CT molecular complexity index is 732. The zero-order chi connectivity index (χ0) is 20.9. The third-order valence-corrected chi connectivity index (χ3v) is 6.57. The molecule has 2 N–H and O–H groups in total. The fourth-order valence-corrected chi connectivity index (χ4v) is 4.84. The first-order chi connectivity index (χ1) is 14.7. The zero-order valence-electron chi connectivity index (χ0n) is 18.2. The van der Waals surface area contributed by atoms with Crippen LogP contribution in [0.5, 0.6) is 11.5 Å². The van der Waals surface area contributed by atoms with E-state index in [-0.39, 0.29) is 18.2 Å². The summed E-state index contributed by atoms with van der Waals surface area (Å²) in [6.45, 7) is 4.91. The molecule has 3 aliphatic rings. The first-order valence-corrected chi connectivity index (χ1v) is 11.8. The van der Waals surface area contributed by atoms with Gasteiger partial charge in [-0.05, 0) is 32.4 Å². The summed E-state index contributed by atoms with van der Waals surface area (Å²) in [5, 5.41) is 14.4. The Kier molecular flexibility index (Phi) is 7.16. The first kappa shape index (κ1) is 21.4. The Hall–Kier alpha value is -1.79. The van der Waals surface area contributed by atoms with Crippen molar-refractivity contribution in [1.29, 1.82) is 0 Å². The van der Waals surface area contributed by atoms with Gasteiger partial charge in [0.2, 0.25) is 12.2 Å². The van der Waals surface area contributed by atoms with E-state index in [0.29, 0.717) is 18.7 Å². The largest absolute Gasteiger partial charge is 0.450 e. The Morgan fingerprint density at radius 3 is 2.63 bits per heavy atom. The van der Waals surface area contributed by atoms with Crippen molar-refractivity contribution in [3.05, 3.63) is 23.3 Å². The third-order valence-electron chi connectivity index (χ3n) is 6.57. The Labute approximate surface area is 179 Å². The number of rotatable bonds is 12. The number of nitrogens with zero attached hydrogens (tertiary/aromatic N) is 1. The van der Waals surface area contributed by atoms with Gasteiger partial charge in [0.15, 0.2) is 11.5 Å². The number of carbonyl (C=O) groups is 1. The second-order valence-corrected chi connectivity index (χ2v) is 8.99. The SMILES string of the molecule is CCCCCCCCC(=O)NC(CN1CCCC1)C(O)c1ccc2c3c1OC(C2)O3. The van der Waals surface area contributed by atoms with Gasteiger partial charge in [0, 0.05) is 24.1 Å². The summed E-state index contributed by atoms with van der Waals surface area (Å²) in [6, 6.07) is 3.60. The van der Waals surface area contributed by atoms with Gasteiger partial charge in [-0.2, -0.15) is 0 Å². The molecule has 6 nitrogen and oxygen atoms in total. The number of aliphatic hydroxyl groups excluding tert-OH is 1. The predicted molar refractivity (Wildman–Crippen MR) is 116 cm³/mol. The molecule has 4 rings (SSSR count). The molecule has 1 aromatic carbocycles. The standard InChI is InChI=1S/C24H36N2O4/c1-2-3-4-5-6-7-10-20(27)25-19(16-26-13-8-9-14-26)22(28)18-12-11-17-15-21-29-23(17)24(18)30-21/h11-12,19,21-22,28H,2-10,13-16H2,1H3,(H,25,27). The van der Waals surface area contributed by atoms with Crippen LogP contribution in [0.4, 0.5) is 0 Å². The van der Waals surface area contributed by atoms with Gasteiger partial charge in [0.1, 0.15) is 6.10 Å². The highest BCUT2D eigenvalue weighted by Crippen LogP contribution is 2.49. The smallest absolute Gasteiger partial charge is 0.245 e. The molecule has 2 bridgehead atoms.